The van der Waals surface area contributed by atoms with Crippen LogP contribution < -0.4 is 5.48 Å². The van der Waals surface area contributed by atoms with Gasteiger partial charge in [0.25, 0.3) is 0 Å². The summed E-state index contributed by atoms with van der Waals surface area (Å²) >= 11 is 0. The predicted octanol–water partition coefficient (Wildman–Crippen LogP) is 2.35. The van der Waals surface area contributed by atoms with Crippen molar-refractivity contribution in [2.24, 2.45) is 0 Å². The molecule has 0 bridgehead atoms. The van der Waals surface area contributed by atoms with Crippen molar-refractivity contribution in [2.75, 3.05) is 0 Å². The van der Waals surface area contributed by atoms with Crippen molar-refractivity contribution in [1.82, 2.24) is 5.48 Å². The van der Waals surface area contributed by atoms with Gasteiger partial charge in [-0.1, -0.05) is 30.3 Å². The Morgan fingerprint density at radius 2 is 2.15 bits per heavy atom. The topological polar surface area (TPSA) is 38.3 Å². The van der Waals surface area contributed by atoms with Gasteiger partial charge < -0.3 is 0 Å². The Bertz CT molecular complexity index is 253. The maximum atomic E-state index is 9.97. The van der Waals surface area contributed by atoms with E-state index in [1.54, 1.807) is 0 Å². The van der Waals surface area contributed by atoms with Crippen LogP contribution in [0.3, 0.4) is 0 Å². The van der Waals surface area contributed by atoms with Crippen LogP contribution in [0.5, 0.6) is 0 Å². The van der Waals surface area contributed by atoms with Crippen molar-refractivity contribution in [3.05, 3.63) is 35.9 Å². The molecule has 1 atom stereocenters. The van der Waals surface area contributed by atoms with E-state index in [2.05, 4.69) is 10.1 Å². The molecule has 0 saturated heterocycles. The van der Waals surface area contributed by atoms with Gasteiger partial charge in [-0.25, -0.2) is 9.19 Å². The molecule has 1 aromatic rings. The minimum Gasteiger partial charge on any atom is -0.239 e. The fourth-order valence-corrected chi connectivity index (χ4v) is 1.34. The summed E-state index contributed by atoms with van der Waals surface area (Å²) in [5.41, 5.74) is 3.89. The third-order valence-electron chi connectivity index (χ3n) is 1.68. The van der Waals surface area contributed by atoms with Crippen LogP contribution in [0, 0.1) is 0 Å². The first-order valence-electron chi connectivity index (χ1n) is 4.11. The molecule has 0 unspecified atom stereocenters. The van der Waals surface area contributed by atoms with Crippen LogP contribution >= 0.6 is 8.69 Å². The van der Waals surface area contributed by atoms with E-state index < -0.39 is 0 Å². The van der Waals surface area contributed by atoms with E-state index in [1.807, 2.05) is 37.3 Å². The molecule has 0 heterocycles. The van der Waals surface area contributed by atoms with Crippen molar-refractivity contribution in [3.8, 4) is 0 Å². The highest BCUT2D eigenvalue weighted by atomic mass is 31.1. The van der Waals surface area contributed by atoms with Crippen LogP contribution in [-0.4, -0.2) is 6.04 Å². The van der Waals surface area contributed by atoms with Gasteiger partial charge in [-0.05, 0) is 18.9 Å². The number of hydroxylamine groups is 1. The average Bonchev–Trinajstić information content (AvgIpc) is 2.16. The molecule has 1 aromatic carbocycles. The van der Waals surface area contributed by atoms with Gasteiger partial charge in [-0.15, -0.1) is 0 Å². The molecule has 4 heteroatoms. The number of rotatable bonds is 5. The lowest BCUT2D eigenvalue weighted by Crippen LogP contribution is -2.25. The predicted molar refractivity (Wildman–Crippen MR) is 51.4 cm³/mol. The Balaban J connectivity index is 2.36. The molecule has 0 saturated carbocycles. The van der Waals surface area contributed by atoms with Crippen molar-refractivity contribution in [2.45, 2.75) is 19.4 Å². The second-order valence-corrected chi connectivity index (χ2v) is 3.21. The van der Waals surface area contributed by atoms with E-state index in [0.717, 1.165) is 6.42 Å². The van der Waals surface area contributed by atoms with Gasteiger partial charge in [0.1, 0.15) is 0 Å². The van der Waals surface area contributed by atoms with Crippen molar-refractivity contribution in [1.29, 1.82) is 0 Å². The van der Waals surface area contributed by atoms with E-state index in [0.29, 0.717) is 0 Å². The minimum absolute atomic E-state index is 0.156. The normalized spacial score (nSPS) is 13.0. The first-order chi connectivity index (χ1) is 6.33. The third-order valence-corrected chi connectivity index (χ3v) is 1.86. The minimum atomic E-state index is -0.335. The Hall–Kier alpha value is -0.760. The van der Waals surface area contributed by atoms with E-state index in [1.165, 1.54) is 5.56 Å². The molecule has 0 radical (unpaired) electrons. The highest BCUT2D eigenvalue weighted by Gasteiger charge is 2.01. The number of nitrogens with one attached hydrogen (secondary N) is 1. The molecule has 0 aliphatic carbocycles. The molecule has 0 spiro atoms. The fraction of sp³-hybridized carbons (Fsp3) is 0.333. The van der Waals surface area contributed by atoms with Crippen LogP contribution in [0.2, 0.25) is 0 Å². The lowest BCUT2D eigenvalue weighted by atomic mass is 10.1. The van der Waals surface area contributed by atoms with Crippen LogP contribution in [0.1, 0.15) is 12.5 Å². The largest absolute Gasteiger partial charge is 0.346 e. The molecule has 0 aliphatic heterocycles. The molecule has 0 aliphatic rings. The summed E-state index contributed by atoms with van der Waals surface area (Å²) in [5, 5.41) is 0. The standard InChI is InChI=1S/C9H12NO2P/c1-8(10-12-13-11)7-9-5-3-2-4-6-9/h2-6,8,10H,7H2,1H3/t8-/m1/s1. The Morgan fingerprint density at radius 3 is 2.77 bits per heavy atom. The quantitative estimate of drug-likeness (QED) is 0.581. The summed E-state index contributed by atoms with van der Waals surface area (Å²) < 4.78 is 14.5. The zero-order valence-electron chi connectivity index (χ0n) is 7.43. The first-order valence-corrected chi connectivity index (χ1v) is 4.84. The van der Waals surface area contributed by atoms with Crippen molar-refractivity contribution < 1.29 is 9.19 Å². The van der Waals surface area contributed by atoms with Crippen LogP contribution in [-0.2, 0) is 15.6 Å². The molecule has 1 rings (SSSR count). The lowest BCUT2D eigenvalue weighted by Gasteiger charge is -2.09. The van der Waals surface area contributed by atoms with Crippen LogP contribution in [0.15, 0.2) is 30.3 Å². The summed E-state index contributed by atoms with van der Waals surface area (Å²) in [6.07, 6.45) is 0.857. The SMILES string of the molecule is C[C@H](Cc1ccccc1)NOP=O. The summed E-state index contributed by atoms with van der Waals surface area (Å²) in [6.45, 7) is 1.97. The molecular formula is C9H12NO2P. The second-order valence-electron chi connectivity index (χ2n) is 2.87. The molecule has 13 heavy (non-hydrogen) atoms. The number of hydrogen-bond donors (Lipinski definition) is 1. The maximum absolute atomic E-state index is 9.97. The highest BCUT2D eigenvalue weighted by Crippen LogP contribution is 2.03. The van der Waals surface area contributed by atoms with Gasteiger partial charge in [0.05, 0.1) is 0 Å². The monoisotopic (exact) mass is 197 g/mol. The van der Waals surface area contributed by atoms with E-state index in [4.69, 9.17) is 0 Å². The first kappa shape index (κ1) is 10.3. The number of hydrogen-bond acceptors (Lipinski definition) is 3. The van der Waals surface area contributed by atoms with Crippen molar-refractivity contribution >= 4 is 8.69 Å². The van der Waals surface area contributed by atoms with Gasteiger partial charge in [0.15, 0.2) is 0 Å². The van der Waals surface area contributed by atoms with Crippen LogP contribution in [0.4, 0.5) is 0 Å². The van der Waals surface area contributed by atoms with Gasteiger partial charge in [0.2, 0.25) is 0 Å². The van der Waals surface area contributed by atoms with Gasteiger partial charge in [0, 0.05) is 6.04 Å². The van der Waals surface area contributed by atoms with Gasteiger partial charge in [-0.3, -0.25) is 0 Å². The molecule has 70 valence electrons. The van der Waals surface area contributed by atoms with E-state index in [9.17, 15) is 4.57 Å². The summed E-state index contributed by atoms with van der Waals surface area (Å²) in [7, 11) is -0.335. The molecule has 0 aromatic heterocycles. The summed E-state index contributed by atoms with van der Waals surface area (Å²) in [6, 6.07) is 10.2. The van der Waals surface area contributed by atoms with Crippen molar-refractivity contribution in [3.63, 3.8) is 0 Å². The summed E-state index contributed by atoms with van der Waals surface area (Å²) in [5.74, 6) is 0. The Kier molecular flexibility index (Phi) is 4.61. The molecule has 3 nitrogen and oxygen atoms in total. The van der Waals surface area contributed by atoms with Crippen LogP contribution in [0.25, 0.3) is 0 Å². The molecule has 0 amide bonds. The van der Waals surface area contributed by atoms with E-state index in [-0.39, 0.29) is 14.7 Å². The second kappa shape index (κ2) is 5.81. The average molecular weight is 197 g/mol. The fourth-order valence-electron chi connectivity index (χ4n) is 1.12. The Morgan fingerprint density at radius 1 is 1.46 bits per heavy atom. The Labute approximate surface area is 79.4 Å². The maximum Gasteiger partial charge on any atom is 0.346 e. The highest BCUT2D eigenvalue weighted by molar-refractivity contribution is 7.17. The smallest absolute Gasteiger partial charge is 0.239 e. The summed E-state index contributed by atoms with van der Waals surface area (Å²) in [4.78, 5) is 0. The molecule has 1 N–H and O–H groups in total. The third kappa shape index (κ3) is 4.13. The molecular weight excluding hydrogens is 185 g/mol. The lowest BCUT2D eigenvalue weighted by molar-refractivity contribution is 0.182. The van der Waals surface area contributed by atoms with Gasteiger partial charge >= 0.3 is 8.69 Å². The number of benzene rings is 1. The zero-order chi connectivity index (χ0) is 9.52. The molecule has 0 fully saturated rings. The van der Waals surface area contributed by atoms with Gasteiger partial charge in [-0.2, -0.15) is 5.48 Å². The van der Waals surface area contributed by atoms with E-state index >= 15 is 0 Å². The zero-order valence-corrected chi connectivity index (χ0v) is 8.33.